The van der Waals surface area contributed by atoms with E-state index in [-0.39, 0.29) is 17.9 Å². The van der Waals surface area contributed by atoms with E-state index in [1.54, 1.807) is 11.8 Å². The van der Waals surface area contributed by atoms with Crippen molar-refractivity contribution in [3.05, 3.63) is 0 Å². The Kier molecular flexibility index (Phi) is 5.15. The predicted molar refractivity (Wildman–Crippen MR) is 69.6 cm³/mol. The van der Waals surface area contributed by atoms with E-state index in [1.807, 2.05) is 13.8 Å². The van der Waals surface area contributed by atoms with E-state index in [0.717, 1.165) is 12.8 Å². The minimum Gasteiger partial charge on any atom is -0.393 e. The van der Waals surface area contributed by atoms with Crippen LogP contribution in [0.5, 0.6) is 0 Å². The van der Waals surface area contributed by atoms with Gasteiger partial charge in [-0.3, -0.25) is 4.79 Å². The van der Waals surface area contributed by atoms with Crippen LogP contribution in [-0.2, 0) is 4.79 Å². The van der Waals surface area contributed by atoms with Gasteiger partial charge >= 0.3 is 0 Å². The average Bonchev–Trinajstić information content (AvgIpc) is 2.41. The fourth-order valence-corrected chi connectivity index (χ4v) is 2.65. The number of likely N-dealkylation sites (tertiary alicyclic amines) is 1. The first-order valence-electron chi connectivity index (χ1n) is 6.89. The van der Waals surface area contributed by atoms with Crippen LogP contribution >= 0.6 is 0 Å². The Morgan fingerprint density at radius 3 is 2.28 bits per heavy atom. The molecule has 1 N–H and O–H groups in total. The Morgan fingerprint density at radius 1 is 1.44 bits per heavy atom. The number of carbonyl (C=O) groups excluding carboxylic acids is 1. The summed E-state index contributed by atoms with van der Waals surface area (Å²) in [4.78, 5) is 14.2. The molecule has 4 heteroatoms. The lowest BCUT2D eigenvalue weighted by Crippen LogP contribution is -2.47. The summed E-state index contributed by atoms with van der Waals surface area (Å²) >= 11 is 0. The molecule has 1 unspecified atom stereocenters. The lowest BCUT2D eigenvalue weighted by atomic mass is 9.81. The predicted octanol–water partition coefficient (Wildman–Crippen LogP) is 1.94. The molecule has 4 nitrogen and oxygen atoms in total. The zero-order valence-corrected chi connectivity index (χ0v) is 11.6. The first-order valence-corrected chi connectivity index (χ1v) is 6.89. The molecule has 102 valence electrons. The van der Waals surface area contributed by atoms with Crippen molar-refractivity contribution in [3.8, 4) is 6.07 Å². The van der Waals surface area contributed by atoms with Crippen molar-refractivity contribution in [2.45, 2.75) is 52.6 Å². The second kappa shape index (κ2) is 6.19. The third-order valence-electron chi connectivity index (χ3n) is 4.34. The number of aliphatic hydroxyl groups is 1. The number of rotatable bonds is 4. The fourth-order valence-electron chi connectivity index (χ4n) is 2.65. The standard InChI is InChI=1S/C14H24N2O2/c1-4-14(5-2,10-15)13(18)16-8-6-12(7-9-16)11(3)17/h11-12,17H,4-9H2,1-3H3. The van der Waals surface area contributed by atoms with E-state index in [4.69, 9.17) is 0 Å². The highest BCUT2D eigenvalue weighted by Gasteiger charge is 2.39. The van der Waals surface area contributed by atoms with Gasteiger partial charge in [0, 0.05) is 13.1 Å². The Balaban J connectivity index is 2.68. The minimum absolute atomic E-state index is 0.0287. The highest BCUT2D eigenvalue weighted by molar-refractivity contribution is 5.85. The number of piperidine rings is 1. The largest absolute Gasteiger partial charge is 0.393 e. The summed E-state index contributed by atoms with van der Waals surface area (Å²) in [6, 6.07) is 2.21. The molecule has 1 saturated heterocycles. The van der Waals surface area contributed by atoms with Crippen LogP contribution < -0.4 is 0 Å². The monoisotopic (exact) mass is 252 g/mol. The second-order valence-corrected chi connectivity index (χ2v) is 5.27. The van der Waals surface area contributed by atoms with Crippen molar-refractivity contribution in [2.75, 3.05) is 13.1 Å². The summed E-state index contributed by atoms with van der Waals surface area (Å²) in [7, 11) is 0. The van der Waals surface area contributed by atoms with Gasteiger partial charge in [0.15, 0.2) is 0 Å². The normalized spacial score (nSPS) is 19.4. The van der Waals surface area contributed by atoms with Gasteiger partial charge in [-0.05, 0) is 38.5 Å². The van der Waals surface area contributed by atoms with Crippen LogP contribution in [0.4, 0.5) is 0 Å². The Hall–Kier alpha value is -1.08. The maximum atomic E-state index is 12.4. The number of carbonyl (C=O) groups is 1. The van der Waals surface area contributed by atoms with Gasteiger partial charge in [-0.15, -0.1) is 0 Å². The van der Waals surface area contributed by atoms with E-state index in [1.165, 1.54) is 0 Å². The van der Waals surface area contributed by atoms with E-state index in [0.29, 0.717) is 25.9 Å². The van der Waals surface area contributed by atoms with Gasteiger partial charge in [0.05, 0.1) is 12.2 Å². The molecular weight excluding hydrogens is 228 g/mol. The molecule has 1 atom stereocenters. The molecule has 0 aromatic heterocycles. The lowest BCUT2D eigenvalue weighted by molar-refractivity contribution is -0.141. The lowest BCUT2D eigenvalue weighted by Gasteiger charge is -2.37. The smallest absolute Gasteiger partial charge is 0.243 e. The molecule has 1 rings (SSSR count). The number of aliphatic hydroxyl groups excluding tert-OH is 1. The summed E-state index contributed by atoms with van der Waals surface area (Å²) in [5.74, 6) is 0.257. The third-order valence-corrected chi connectivity index (χ3v) is 4.34. The molecule has 1 heterocycles. The maximum absolute atomic E-state index is 12.4. The van der Waals surface area contributed by atoms with E-state index in [9.17, 15) is 15.2 Å². The number of hydrogen-bond acceptors (Lipinski definition) is 3. The van der Waals surface area contributed by atoms with Crippen molar-refractivity contribution in [1.82, 2.24) is 4.90 Å². The Morgan fingerprint density at radius 2 is 1.94 bits per heavy atom. The van der Waals surface area contributed by atoms with Crippen molar-refractivity contribution < 1.29 is 9.90 Å². The molecule has 0 saturated carbocycles. The van der Waals surface area contributed by atoms with Gasteiger partial charge in [0.2, 0.25) is 5.91 Å². The van der Waals surface area contributed by atoms with Gasteiger partial charge < -0.3 is 10.0 Å². The van der Waals surface area contributed by atoms with Crippen molar-refractivity contribution >= 4 is 5.91 Å². The summed E-state index contributed by atoms with van der Waals surface area (Å²) in [5.41, 5.74) is -0.850. The number of nitriles is 1. The molecule has 1 aliphatic heterocycles. The van der Waals surface area contributed by atoms with Crippen LogP contribution in [0.3, 0.4) is 0 Å². The average molecular weight is 252 g/mol. The number of amides is 1. The molecule has 18 heavy (non-hydrogen) atoms. The molecular formula is C14H24N2O2. The van der Waals surface area contributed by atoms with Crippen LogP contribution in [0.25, 0.3) is 0 Å². The summed E-state index contributed by atoms with van der Waals surface area (Å²) in [6.45, 7) is 6.93. The fraction of sp³-hybridized carbons (Fsp3) is 0.857. The Labute approximate surface area is 110 Å². The van der Waals surface area contributed by atoms with Crippen molar-refractivity contribution in [1.29, 1.82) is 5.26 Å². The second-order valence-electron chi connectivity index (χ2n) is 5.27. The molecule has 1 fully saturated rings. The molecule has 0 aromatic rings. The molecule has 0 bridgehead atoms. The van der Waals surface area contributed by atoms with Gasteiger partial charge in [-0.1, -0.05) is 13.8 Å². The molecule has 1 amide bonds. The van der Waals surface area contributed by atoms with Crippen LogP contribution in [0.1, 0.15) is 46.5 Å². The molecule has 0 radical (unpaired) electrons. The summed E-state index contributed by atoms with van der Waals surface area (Å²) in [5, 5.41) is 18.8. The molecule has 0 spiro atoms. The van der Waals surface area contributed by atoms with Gasteiger partial charge in [-0.2, -0.15) is 5.26 Å². The number of nitrogens with zero attached hydrogens (tertiary/aromatic N) is 2. The number of hydrogen-bond donors (Lipinski definition) is 1. The Bertz CT molecular complexity index is 321. The van der Waals surface area contributed by atoms with E-state index >= 15 is 0 Å². The zero-order valence-electron chi connectivity index (χ0n) is 11.6. The van der Waals surface area contributed by atoms with E-state index < -0.39 is 5.41 Å². The minimum atomic E-state index is -0.850. The summed E-state index contributed by atoms with van der Waals surface area (Å²) in [6.07, 6.45) is 2.49. The van der Waals surface area contributed by atoms with Gasteiger partial charge in [0.1, 0.15) is 5.41 Å². The first-order chi connectivity index (χ1) is 8.50. The van der Waals surface area contributed by atoms with Crippen LogP contribution in [0.15, 0.2) is 0 Å². The topological polar surface area (TPSA) is 64.3 Å². The molecule has 1 aliphatic rings. The van der Waals surface area contributed by atoms with Crippen molar-refractivity contribution in [3.63, 3.8) is 0 Å². The van der Waals surface area contributed by atoms with Crippen molar-refractivity contribution in [2.24, 2.45) is 11.3 Å². The first kappa shape index (κ1) is 15.0. The van der Waals surface area contributed by atoms with Gasteiger partial charge in [0.25, 0.3) is 0 Å². The highest BCUT2D eigenvalue weighted by Crippen LogP contribution is 2.30. The molecule has 0 aliphatic carbocycles. The van der Waals surface area contributed by atoms with Crippen LogP contribution in [-0.4, -0.2) is 35.1 Å². The third kappa shape index (κ3) is 2.84. The zero-order chi connectivity index (χ0) is 13.8. The summed E-state index contributed by atoms with van der Waals surface area (Å²) < 4.78 is 0. The highest BCUT2D eigenvalue weighted by atomic mass is 16.3. The van der Waals surface area contributed by atoms with E-state index in [2.05, 4.69) is 6.07 Å². The molecule has 0 aromatic carbocycles. The SMILES string of the molecule is CCC(C#N)(CC)C(=O)N1CCC(C(C)O)CC1. The van der Waals surface area contributed by atoms with Crippen LogP contribution in [0, 0.1) is 22.7 Å². The quantitative estimate of drug-likeness (QED) is 0.831. The van der Waals surface area contributed by atoms with Crippen LogP contribution in [0.2, 0.25) is 0 Å². The maximum Gasteiger partial charge on any atom is 0.243 e. The van der Waals surface area contributed by atoms with Gasteiger partial charge in [-0.25, -0.2) is 0 Å².